The fourth-order valence-electron chi connectivity index (χ4n) is 2.34. The number of benzene rings is 1. The molecule has 0 unspecified atom stereocenters. The highest BCUT2D eigenvalue weighted by molar-refractivity contribution is 5.81. The standard InChI is InChI=1S/C17H17FN4/c1-17(2,3)15-14-13(21-16(19)22-15)9-8-12(20-14)10-4-6-11(18)7-5-10/h4-9H,1-3H3,(H2,19,21,22). The molecule has 2 N–H and O–H groups in total. The van der Waals surface area contributed by atoms with Gasteiger partial charge >= 0.3 is 0 Å². The third-order valence-corrected chi connectivity index (χ3v) is 3.41. The van der Waals surface area contributed by atoms with Crippen molar-refractivity contribution in [1.82, 2.24) is 15.0 Å². The number of fused-ring (bicyclic) bond motifs is 1. The van der Waals surface area contributed by atoms with E-state index in [4.69, 9.17) is 5.73 Å². The first-order valence-electron chi connectivity index (χ1n) is 7.05. The van der Waals surface area contributed by atoms with Crippen LogP contribution < -0.4 is 5.73 Å². The lowest BCUT2D eigenvalue weighted by molar-refractivity contribution is 0.574. The van der Waals surface area contributed by atoms with Gasteiger partial charge in [0.1, 0.15) is 11.3 Å². The van der Waals surface area contributed by atoms with Gasteiger partial charge in [0.15, 0.2) is 0 Å². The van der Waals surface area contributed by atoms with Crippen LogP contribution in [0, 0.1) is 5.82 Å². The van der Waals surface area contributed by atoms with E-state index < -0.39 is 0 Å². The lowest BCUT2D eigenvalue weighted by Crippen LogP contribution is -2.16. The molecule has 0 spiro atoms. The third kappa shape index (κ3) is 2.62. The zero-order valence-corrected chi connectivity index (χ0v) is 12.8. The van der Waals surface area contributed by atoms with Crippen LogP contribution in [0.2, 0.25) is 0 Å². The normalized spacial score (nSPS) is 11.8. The second-order valence-electron chi connectivity index (χ2n) is 6.25. The van der Waals surface area contributed by atoms with Crippen molar-refractivity contribution >= 4 is 17.0 Å². The summed E-state index contributed by atoms with van der Waals surface area (Å²) in [6.45, 7) is 6.17. The van der Waals surface area contributed by atoms with Crippen LogP contribution in [0.15, 0.2) is 36.4 Å². The summed E-state index contributed by atoms with van der Waals surface area (Å²) in [5.74, 6) is -0.0233. The zero-order valence-electron chi connectivity index (χ0n) is 12.8. The van der Waals surface area contributed by atoms with Gasteiger partial charge < -0.3 is 5.73 Å². The molecule has 4 nitrogen and oxygen atoms in total. The van der Waals surface area contributed by atoms with Crippen LogP contribution in [0.1, 0.15) is 26.5 Å². The van der Waals surface area contributed by atoms with Crippen LogP contribution in [0.4, 0.5) is 10.3 Å². The first-order valence-corrected chi connectivity index (χ1v) is 7.05. The van der Waals surface area contributed by atoms with E-state index in [9.17, 15) is 4.39 Å². The number of nitrogen functional groups attached to an aromatic ring is 1. The molecule has 1 aromatic carbocycles. The predicted octanol–water partition coefficient (Wildman–Crippen LogP) is 3.71. The van der Waals surface area contributed by atoms with E-state index in [1.165, 1.54) is 12.1 Å². The highest BCUT2D eigenvalue weighted by Gasteiger charge is 2.21. The van der Waals surface area contributed by atoms with Crippen molar-refractivity contribution in [2.24, 2.45) is 0 Å². The number of halogens is 1. The zero-order chi connectivity index (χ0) is 15.9. The second kappa shape index (κ2) is 5.02. The van der Waals surface area contributed by atoms with Gasteiger partial charge in [0.25, 0.3) is 0 Å². The van der Waals surface area contributed by atoms with E-state index in [1.807, 2.05) is 12.1 Å². The van der Waals surface area contributed by atoms with Gasteiger partial charge in [0.2, 0.25) is 5.95 Å². The molecule has 0 aliphatic carbocycles. The van der Waals surface area contributed by atoms with Crippen molar-refractivity contribution in [2.75, 3.05) is 5.73 Å². The minimum absolute atomic E-state index is 0.205. The highest BCUT2D eigenvalue weighted by atomic mass is 19.1. The summed E-state index contributed by atoms with van der Waals surface area (Å²) >= 11 is 0. The predicted molar refractivity (Wildman–Crippen MR) is 85.8 cm³/mol. The van der Waals surface area contributed by atoms with E-state index in [-0.39, 0.29) is 17.2 Å². The molecule has 0 aliphatic heterocycles. The Hall–Kier alpha value is -2.56. The molecule has 0 amide bonds. The first-order chi connectivity index (χ1) is 10.3. The van der Waals surface area contributed by atoms with E-state index in [1.54, 1.807) is 12.1 Å². The second-order valence-corrected chi connectivity index (χ2v) is 6.25. The molecule has 112 valence electrons. The van der Waals surface area contributed by atoms with E-state index in [2.05, 4.69) is 35.7 Å². The average molecular weight is 296 g/mol. The number of hydrogen-bond donors (Lipinski definition) is 1. The summed E-state index contributed by atoms with van der Waals surface area (Å²) in [7, 11) is 0. The molecular formula is C17H17FN4. The van der Waals surface area contributed by atoms with Crippen molar-refractivity contribution in [3.63, 3.8) is 0 Å². The van der Waals surface area contributed by atoms with Gasteiger partial charge in [-0.1, -0.05) is 20.8 Å². The van der Waals surface area contributed by atoms with Crippen molar-refractivity contribution in [3.8, 4) is 11.3 Å². The maximum absolute atomic E-state index is 13.1. The van der Waals surface area contributed by atoms with Gasteiger partial charge in [0, 0.05) is 11.0 Å². The summed E-state index contributed by atoms with van der Waals surface area (Å²) in [4.78, 5) is 13.3. The number of hydrogen-bond acceptors (Lipinski definition) is 4. The minimum atomic E-state index is -0.268. The summed E-state index contributed by atoms with van der Waals surface area (Å²) in [5, 5.41) is 0. The van der Waals surface area contributed by atoms with Gasteiger partial charge in [-0.3, -0.25) is 0 Å². The molecule has 2 heterocycles. The number of rotatable bonds is 1. The smallest absolute Gasteiger partial charge is 0.220 e. The number of pyridine rings is 1. The Morgan fingerprint density at radius 3 is 2.23 bits per heavy atom. The Bertz CT molecular complexity index is 836. The third-order valence-electron chi connectivity index (χ3n) is 3.41. The van der Waals surface area contributed by atoms with Crippen molar-refractivity contribution in [1.29, 1.82) is 0 Å². The largest absolute Gasteiger partial charge is 0.368 e. The molecule has 2 aromatic heterocycles. The van der Waals surface area contributed by atoms with Crippen LogP contribution in [0.25, 0.3) is 22.3 Å². The molecule has 0 aliphatic rings. The van der Waals surface area contributed by atoms with Crippen LogP contribution in [-0.4, -0.2) is 15.0 Å². The maximum Gasteiger partial charge on any atom is 0.220 e. The van der Waals surface area contributed by atoms with Crippen LogP contribution in [0.5, 0.6) is 0 Å². The molecule has 0 saturated heterocycles. The SMILES string of the molecule is CC(C)(C)c1nc(N)nc2ccc(-c3ccc(F)cc3)nc12. The minimum Gasteiger partial charge on any atom is -0.368 e. The molecule has 3 rings (SSSR count). The Morgan fingerprint density at radius 2 is 1.59 bits per heavy atom. The van der Waals surface area contributed by atoms with Crippen molar-refractivity contribution in [2.45, 2.75) is 26.2 Å². The van der Waals surface area contributed by atoms with Gasteiger partial charge in [-0.05, 0) is 36.4 Å². The topological polar surface area (TPSA) is 64.7 Å². The first kappa shape index (κ1) is 14.4. The molecule has 5 heteroatoms. The number of nitrogens with two attached hydrogens (primary N) is 1. The Labute approximate surface area is 128 Å². The number of aromatic nitrogens is 3. The van der Waals surface area contributed by atoms with Crippen LogP contribution in [-0.2, 0) is 5.41 Å². The summed E-state index contributed by atoms with van der Waals surface area (Å²) in [5.41, 5.74) is 9.44. The Kier molecular flexibility index (Phi) is 3.28. The maximum atomic E-state index is 13.1. The monoisotopic (exact) mass is 296 g/mol. The van der Waals surface area contributed by atoms with E-state index in [0.717, 1.165) is 22.5 Å². The van der Waals surface area contributed by atoms with Crippen LogP contribution >= 0.6 is 0 Å². The van der Waals surface area contributed by atoms with Crippen molar-refractivity contribution in [3.05, 3.63) is 47.9 Å². The molecule has 0 bridgehead atoms. The van der Waals surface area contributed by atoms with Gasteiger partial charge in [-0.25, -0.2) is 19.3 Å². The molecule has 22 heavy (non-hydrogen) atoms. The van der Waals surface area contributed by atoms with Gasteiger partial charge in [0.05, 0.1) is 16.9 Å². The fraction of sp³-hybridized carbons (Fsp3) is 0.235. The quantitative estimate of drug-likeness (QED) is 0.743. The molecule has 0 saturated carbocycles. The highest BCUT2D eigenvalue weighted by Crippen LogP contribution is 2.29. The number of nitrogens with zero attached hydrogens (tertiary/aromatic N) is 3. The van der Waals surface area contributed by atoms with Crippen molar-refractivity contribution < 1.29 is 4.39 Å². The fourth-order valence-corrected chi connectivity index (χ4v) is 2.34. The molecule has 3 aromatic rings. The lowest BCUT2D eigenvalue weighted by Gasteiger charge is -2.19. The summed E-state index contributed by atoms with van der Waals surface area (Å²) in [6, 6.07) is 9.98. The van der Waals surface area contributed by atoms with Gasteiger partial charge in [-0.2, -0.15) is 0 Å². The van der Waals surface area contributed by atoms with Crippen LogP contribution in [0.3, 0.4) is 0 Å². The Balaban J connectivity index is 2.24. The summed E-state index contributed by atoms with van der Waals surface area (Å²) in [6.07, 6.45) is 0. The van der Waals surface area contributed by atoms with E-state index in [0.29, 0.717) is 5.52 Å². The molecule has 0 fully saturated rings. The average Bonchev–Trinajstić information content (AvgIpc) is 2.46. The Morgan fingerprint density at radius 1 is 0.909 bits per heavy atom. The molecule has 0 radical (unpaired) electrons. The molecular weight excluding hydrogens is 279 g/mol. The van der Waals surface area contributed by atoms with E-state index >= 15 is 0 Å². The van der Waals surface area contributed by atoms with Gasteiger partial charge in [-0.15, -0.1) is 0 Å². The summed E-state index contributed by atoms with van der Waals surface area (Å²) < 4.78 is 13.1. The molecule has 0 atom stereocenters. The number of anilines is 1. The lowest BCUT2D eigenvalue weighted by atomic mass is 9.90.